The van der Waals surface area contributed by atoms with Gasteiger partial charge in [-0.15, -0.1) is 0 Å². The number of rotatable bonds is 7. The number of halogens is 3. The fourth-order valence-electron chi connectivity index (χ4n) is 3.45. The lowest BCUT2D eigenvalue weighted by molar-refractivity contribution is -0.138. The zero-order chi connectivity index (χ0) is 24.7. The molecule has 0 spiro atoms. The number of carbonyl (C=O) groups excluding carboxylic acids is 1. The summed E-state index contributed by atoms with van der Waals surface area (Å²) in [5.74, 6) is 0.489. The van der Waals surface area contributed by atoms with Crippen LogP contribution in [0.25, 0.3) is 0 Å². The lowest BCUT2D eigenvalue weighted by Crippen LogP contribution is -2.49. The first-order valence-corrected chi connectivity index (χ1v) is 10.5. The number of nitriles is 1. The van der Waals surface area contributed by atoms with Gasteiger partial charge < -0.3 is 15.1 Å². The van der Waals surface area contributed by atoms with Crippen LogP contribution in [0.1, 0.15) is 30.9 Å². The zero-order valence-corrected chi connectivity index (χ0v) is 18.3. The summed E-state index contributed by atoms with van der Waals surface area (Å²) in [6.45, 7) is 3.80. The molecule has 0 saturated carbocycles. The number of allylic oxidation sites excluding steroid dienone is 1. The summed E-state index contributed by atoms with van der Waals surface area (Å²) in [6, 6.07) is 1.45. The van der Waals surface area contributed by atoms with Crippen LogP contribution in [0.2, 0.25) is 0 Å². The topological polar surface area (TPSA) is 131 Å². The van der Waals surface area contributed by atoms with Gasteiger partial charge in [0.2, 0.25) is 11.9 Å². The van der Waals surface area contributed by atoms with Crippen LogP contribution in [0.3, 0.4) is 0 Å². The molecule has 1 fully saturated rings. The van der Waals surface area contributed by atoms with Crippen LogP contribution in [-0.2, 0) is 11.0 Å². The first-order chi connectivity index (χ1) is 16.2. The van der Waals surface area contributed by atoms with E-state index < -0.39 is 29.0 Å². The largest absolute Gasteiger partial charge is 0.423 e. The summed E-state index contributed by atoms with van der Waals surface area (Å²) in [6.07, 6.45) is 3.04. The molecule has 34 heavy (non-hydrogen) atoms. The van der Waals surface area contributed by atoms with E-state index in [1.807, 2.05) is 11.0 Å². The second-order valence-corrected chi connectivity index (χ2v) is 7.64. The van der Waals surface area contributed by atoms with Crippen molar-refractivity contribution in [2.24, 2.45) is 0 Å². The molecule has 1 unspecified atom stereocenters. The molecular formula is C21H23F3N8O2. The summed E-state index contributed by atoms with van der Waals surface area (Å²) in [5.41, 5.74) is -2.67. The number of nitrogens with zero attached hydrogens (tertiary/aromatic N) is 6. The van der Waals surface area contributed by atoms with Crippen LogP contribution in [-0.4, -0.2) is 63.2 Å². The highest BCUT2D eigenvalue weighted by atomic mass is 19.4. The SMILES string of the molecule is CC(/C=C/CCC(=O)N1CCN(c2ncc(C#N)cn2)CC1)Nc1cn[nH]c(=O)c1C(F)(F)F. The van der Waals surface area contributed by atoms with E-state index in [-0.39, 0.29) is 12.3 Å². The van der Waals surface area contributed by atoms with E-state index in [2.05, 4.69) is 20.4 Å². The molecule has 0 aromatic carbocycles. The average molecular weight is 476 g/mol. The van der Waals surface area contributed by atoms with E-state index in [4.69, 9.17) is 5.26 Å². The molecule has 3 rings (SSSR count). The van der Waals surface area contributed by atoms with Crippen molar-refractivity contribution in [3.8, 4) is 6.07 Å². The smallest absolute Gasteiger partial charge is 0.377 e. The molecule has 0 radical (unpaired) electrons. The Labute approximate surface area is 193 Å². The van der Waals surface area contributed by atoms with Crippen molar-refractivity contribution in [1.29, 1.82) is 5.26 Å². The third kappa shape index (κ3) is 6.31. The Bertz CT molecular complexity index is 1120. The van der Waals surface area contributed by atoms with Crippen LogP contribution in [0.4, 0.5) is 24.8 Å². The van der Waals surface area contributed by atoms with E-state index >= 15 is 0 Å². The summed E-state index contributed by atoms with van der Waals surface area (Å²) < 4.78 is 39.3. The van der Waals surface area contributed by atoms with Gasteiger partial charge in [0.1, 0.15) is 11.6 Å². The van der Waals surface area contributed by atoms with Crippen LogP contribution in [0.15, 0.2) is 35.5 Å². The molecule has 1 saturated heterocycles. The zero-order valence-electron chi connectivity index (χ0n) is 18.3. The van der Waals surface area contributed by atoms with Gasteiger partial charge in [0.05, 0.1) is 29.8 Å². The number of hydrogen-bond donors (Lipinski definition) is 2. The van der Waals surface area contributed by atoms with Crippen molar-refractivity contribution < 1.29 is 18.0 Å². The average Bonchev–Trinajstić information content (AvgIpc) is 2.81. The van der Waals surface area contributed by atoms with Crippen molar-refractivity contribution in [1.82, 2.24) is 25.1 Å². The molecule has 0 aliphatic carbocycles. The Morgan fingerprint density at radius 1 is 1.26 bits per heavy atom. The Kier molecular flexibility index (Phi) is 7.83. The first kappa shape index (κ1) is 24.7. The van der Waals surface area contributed by atoms with Crippen LogP contribution >= 0.6 is 0 Å². The number of carbonyl (C=O) groups is 1. The van der Waals surface area contributed by atoms with Gasteiger partial charge in [-0.25, -0.2) is 15.1 Å². The predicted molar refractivity (Wildman–Crippen MR) is 117 cm³/mol. The Balaban J connectivity index is 1.45. The quantitative estimate of drug-likeness (QED) is 0.580. The van der Waals surface area contributed by atoms with E-state index in [0.717, 1.165) is 6.20 Å². The molecule has 180 valence electrons. The molecule has 3 heterocycles. The van der Waals surface area contributed by atoms with Crippen molar-refractivity contribution >= 4 is 17.5 Å². The monoisotopic (exact) mass is 476 g/mol. The van der Waals surface area contributed by atoms with Crippen molar-refractivity contribution in [2.75, 3.05) is 36.4 Å². The van der Waals surface area contributed by atoms with Gasteiger partial charge in [-0.2, -0.15) is 23.5 Å². The maximum Gasteiger partial charge on any atom is 0.423 e. The van der Waals surface area contributed by atoms with Crippen molar-refractivity contribution in [2.45, 2.75) is 32.0 Å². The molecule has 1 aliphatic heterocycles. The number of hydrogen-bond acceptors (Lipinski definition) is 8. The van der Waals surface area contributed by atoms with E-state index in [0.29, 0.717) is 44.1 Å². The molecule has 2 N–H and O–H groups in total. The lowest BCUT2D eigenvalue weighted by atomic mass is 10.2. The van der Waals surface area contributed by atoms with Crippen molar-refractivity contribution in [3.05, 3.63) is 52.2 Å². The standard InChI is InChI=1S/C21H23F3N8O2/c1-14(29-16-13-28-30-19(34)18(16)21(22,23)24)4-2-3-5-17(33)31-6-8-32(9-7-31)20-26-11-15(10-25)12-27-20/h2,4,11-14H,3,5-9H2,1H3,(H2,29,30,34)/b4-2+. The molecule has 1 aliphatic rings. The predicted octanol–water partition coefficient (Wildman–Crippen LogP) is 1.94. The molecule has 1 amide bonds. The van der Waals surface area contributed by atoms with Crippen molar-refractivity contribution in [3.63, 3.8) is 0 Å². The van der Waals surface area contributed by atoms with E-state index in [1.54, 1.807) is 29.1 Å². The van der Waals surface area contributed by atoms with Gasteiger partial charge in [0.25, 0.3) is 5.56 Å². The van der Waals surface area contributed by atoms with E-state index in [9.17, 15) is 22.8 Å². The number of piperazine rings is 1. The summed E-state index contributed by atoms with van der Waals surface area (Å²) >= 11 is 0. The molecule has 2 aromatic heterocycles. The summed E-state index contributed by atoms with van der Waals surface area (Å²) in [4.78, 5) is 36.0. The van der Waals surface area contributed by atoms with Crippen LogP contribution in [0, 0.1) is 11.3 Å². The molecule has 0 bridgehead atoms. The highest BCUT2D eigenvalue weighted by Gasteiger charge is 2.37. The van der Waals surface area contributed by atoms with Gasteiger partial charge in [-0.3, -0.25) is 9.59 Å². The molecule has 13 heteroatoms. The minimum absolute atomic E-state index is 0.0243. The highest BCUT2D eigenvalue weighted by molar-refractivity contribution is 5.76. The van der Waals surface area contributed by atoms with Gasteiger partial charge in [-0.1, -0.05) is 12.2 Å². The number of H-pyrrole nitrogens is 1. The number of nitrogens with one attached hydrogen (secondary N) is 2. The number of anilines is 2. The van der Waals surface area contributed by atoms with Gasteiger partial charge in [-0.05, 0) is 13.3 Å². The third-order valence-electron chi connectivity index (χ3n) is 5.15. The minimum atomic E-state index is -4.81. The Morgan fingerprint density at radius 2 is 1.94 bits per heavy atom. The number of aromatic amines is 1. The Hall–Kier alpha value is -3.95. The number of amides is 1. The Morgan fingerprint density at radius 3 is 2.56 bits per heavy atom. The summed E-state index contributed by atoms with van der Waals surface area (Å²) in [7, 11) is 0. The van der Waals surface area contributed by atoms with Gasteiger partial charge in [0, 0.05) is 38.6 Å². The maximum absolute atomic E-state index is 13.1. The second-order valence-electron chi connectivity index (χ2n) is 7.64. The molecule has 1 atom stereocenters. The van der Waals surface area contributed by atoms with Gasteiger partial charge in [0.15, 0.2) is 0 Å². The fourth-order valence-corrected chi connectivity index (χ4v) is 3.45. The fraction of sp³-hybridized carbons (Fsp3) is 0.429. The molecule has 10 nitrogen and oxygen atoms in total. The normalized spacial score (nSPS) is 15.3. The lowest BCUT2D eigenvalue weighted by Gasteiger charge is -2.34. The summed E-state index contributed by atoms with van der Waals surface area (Å²) in [5, 5.41) is 16.6. The minimum Gasteiger partial charge on any atom is -0.377 e. The van der Waals surface area contributed by atoms with Crippen LogP contribution in [0.5, 0.6) is 0 Å². The molecular weight excluding hydrogens is 453 g/mol. The third-order valence-corrected chi connectivity index (χ3v) is 5.15. The highest BCUT2D eigenvalue weighted by Crippen LogP contribution is 2.31. The molecule has 2 aromatic rings. The van der Waals surface area contributed by atoms with E-state index in [1.165, 1.54) is 12.4 Å². The second kappa shape index (κ2) is 10.8. The van der Waals surface area contributed by atoms with Gasteiger partial charge >= 0.3 is 6.18 Å². The number of alkyl halides is 3. The van der Waals surface area contributed by atoms with Crippen LogP contribution < -0.4 is 15.8 Å². The number of aromatic nitrogens is 4. The first-order valence-electron chi connectivity index (χ1n) is 10.5. The maximum atomic E-state index is 13.1.